The van der Waals surface area contributed by atoms with Crippen molar-refractivity contribution in [3.8, 4) is 0 Å². The molecule has 1 aromatic heterocycles. The first-order chi connectivity index (χ1) is 9.60. The summed E-state index contributed by atoms with van der Waals surface area (Å²) in [6.45, 7) is 1.29. The summed E-state index contributed by atoms with van der Waals surface area (Å²) >= 11 is 0. The van der Waals surface area contributed by atoms with Crippen molar-refractivity contribution >= 4 is 11.5 Å². The van der Waals surface area contributed by atoms with Crippen molar-refractivity contribution in [1.29, 1.82) is 0 Å². The number of aromatic nitrogens is 1. The van der Waals surface area contributed by atoms with Crippen molar-refractivity contribution in [2.24, 2.45) is 5.92 Å². The van der Waals surface area contributed by atoms with Crippen molar-refractivity contribution in [2.45, 2.75) is 37.7 Å². The van der Waals surface area contributed by atoms with Crippen LogP contribution in [0.4, 0.5) is 11.5 Å². The lowest BCUT2D eigenvalue weighted by Gasteiger charge is -2.47. The molecule has 0 radical (unpaired) electrons. The Labute approximate surface area is 117 Å². The molecular formula is C14H19N3O3. The Balaban J connectivity index is 1.85. The fourth-order valence-corrected chi connectivity index (χ4v) is 3.54. The third-order valence-corrected chi connectivity index (χ3v) is 4.69. The molecule has 1 aliphatic heterocycles. The lowest BCUT2D eigenvalue weighted by Crippen LogP contribution is -2.53. The van der Waals surface area contributed by atoms with Crippen LogP contribution in [0.15, 0.2) is 18.3 Å². The Kier molecular flexibility index (Phi) is 3.33. The molecule has 2 unspecified atom stereocenters. The number of hydrogen-bond acceptors (Lipinski definition) is 5. The predicted octanol–water partition coefficient (Wildman–Crippen LogP) is 2.12. The number of nitrogens with zero attached hydrogens (tertiary/aromatic N) is 3. The maximum Gasteiger partial charge on any atom is 0.311 e. The molecule has 6 heteroatoms. The molecular weight excluding hydrogens is 258 g/mol. The number of anilines is 1. The molecule has 1 aromatic rings. The minimum absolute atomic E-state index is 0.0498. The molecule has 2 atom stereocenters. The fourth-order valence-electron chi connectivity index (χ4n) is 3.54. The summed E-state index contributed by atoms with van der Waals surface area (Å²) in [5.74, 6) is 0.636. The molecule has 0 bridgehead atoms. The predicted molar refractivity (Wildman–Crippen MR) is 74.6 cm³/mol. The average molecular weight is 277 g/mol. The number of aliphatic hydroxyl groups is 1. The molecule has 6 nitrogen and oxygen atoms in total. The Morgan fingerprint density at radius 3 is 3.10 bits per heavy atom. The van der Waals surface area contributed by atoms with Gasteiger partial charge in [0.15, 0.2) is 0 Å². The van der Waals surface area contributed by atoms with Crippen molar-refractivity contribution in [3.05, 3.63) is 28.4 Å². The quantitative estimate of drug-likeness (QED) is 0.661. The molecule has 1 aliphatic carbocycles. The van der Waals surface area contributed by atoms with E-state index < -0.39 is 5.60 Å². The summed E-state index contributed by atoms with van der Waals surface area (Å²) in [6, 6.07) is 3.08. The van der Waals surface area contributed by atoms with Gasteiger partial charge >= 0.3 is 5.69 Å². The van der Waals surface area contributed by atoms with Crippen molar-refractivity contribution in [1.82, 2.24) is 4.98 Å². The van der Waals surface area contributed by atoms with Gasteiger partial charge in [0.1, 0.15) is 0 Å². The van der Waals surface area contributed by atoms with E-state index in [0.717, 1.165) is 25.7 Å². The second-order valence-corrected chi connectivity index (χ2v) is 5.85. The van der Waals surface area contributed by atoms with Gasteiger partial charge in [0.25, 0.3) is 0 Å². The fraction of sp³-hybridized carbons (Fsp3) is 0.643. The van der Waals surface area contributed by atoms with Gasteiger partial charge in [0.05, 0.1) is 10.5 Å². The molecule has 0 aromatic carbocycles. The van der Waals surface area contributed by atoms with Crippen molar-refractivity contribution in [3.63, 3.8) is 0 Å². The third-order valence-electron chi connectivity index (χ3n) is 4.69. The highest BCUT2D eigenvalue weighted by atomic mass is 16.6. The molecule has 0 spiro atoms. The number of nitro groups is 1. The summed E-state index contributed by atoms with van der Waals surface area (Å²) in [7, 11) is 0. The molecule has 20 heavy (non-hydrogen) atoms. The smallest absolute Gasteiger partial charge is 0.311 e. The topological polar surface area (TPSA) is 79.5 Å². The Morgan fingerprint density at radius 2 is 2.30 bits per heavy atom. The molecule has 2 fully saturated rings. The van der Waals surface area contributed by atoms with Crippen LogP contribution < -0.4 is 4.90 Å². The largest absolute Gasteiger partial charge is 0.389 e. The summed E-state index contributed by atoms with van der Waals surface area (Å²) < 4.78 is 0. The van der Waals surface area contributed by atoms with Gasteiger partial charge in [0, 0.05) is 31.3 Å². The second kappa shape index (κ2) is 5.01. The van der Waals surface area contributed by atoms with Crippen molar-refractivity contribution in [2.75, 3.05) is 18.0 Å². The van der Waals surface area contributed by atoms with Crippen LogP contribution in [0.2, 0.25) is 0 Å². The van der Waals surface area contributed by atoms with Crippen LogP contribution in [0.3, 0.4) is 0 Å². The van der Waals surface area contributed by atoms with Crippen LogP contribution >= 0.6 is 0 Å². The van der Waals surface area contributed by atoms with Crippen LogP contribution in [0.5, 0.6) is 0 Å². The highest BCUT2D eigenvalue weighted by Crippen LogP contribution is 2.41. The Morgan fingerprint density at radius 1 is 1.45 bits per heavy atom. The number of hydrogen-bond donors (Lipinski definition) is 1. The first kappa shape index (κ1) is 13.3. The second-order valence-electron chi connectivity index (χ2n) is 5.85. The zero-order chi connectivity index (χ0) is 14.2. The highest BCUT2D eigenvalue weighted by molar-refractivity contribution is 5.57. The van der Waals surface area contributed by atoms with E-state index >= 15 is 0 Å². The maximum absolute atomic E-state index is 11.1. The lowest BCUT2D eigenvalue weighted by atomic mass is 9.71. The first-order valence-corrected chi connectivity index (χ1v) is 7.17. The number of rotatable bonds is 2. The number of pyridine rings is 1. The number of fused-ring (bicyclic) bond motifs is 1. The first-order valence-electron chi connectivity index (χ1n) is 7.17. The third kappa shape index (κ3) is 2.24. The standard InChI is InChI=1S/C14H19N3O3/c18-14-6-2-1-4-11(14)10-16(9-7-14)13-12(17(19)20)5-3-8-15-13/h3,5,8,11,18H,1-2,4,6-7,9-10H2. The molecule has 0 amide bonds. The van der Waals surface area contributed by atoms with E-state index in [1.807, 2.05) is 4.90 Å². The SMILES string of the molecule is O=[N+]([O-])c1cccnc1N1CCC2(O)CCCCC2C1. The van der Waals surface area contributed by atoms with E-state index in [9.17, 15) is 15.2 Å². The molecule has 108 valence electrons. The van der Waals surface area contributed by atoms with Gasteiger partial charge in [-0.05, 0) is 25.3 Å². The minimum Gasteiger partial charge on any atom is -0.389 e. The van der Waals surface area contributed by atoms with Crippen molar-refractivity contribution < 1.29 is 10.0 Å². The van der Waals surface area contributed by atoms with Crippen LogP contribution in [0.25, 0.3) is 0 Å². The zero-order valence-corrected chi connectivity index (χ0v) is 11.4. The van der Waals surface area contributed by atoms with Crippen LogP contribution in [0.1, 0.15) is 32.1 Å². The van der Waals surface area contributed by atoms with E-state index in [1.165, 1.54) is 6.07 Å². The maximum atomic E-state index is 11.1. The number of piperidine rings is 1. The van der Waals surface area contributed by atoms with E-state index in [2.05, 4.69) is 4.98 Å². The van der Waals surface area contributed by atoms with Gasteiger partial charge in [-0.1, -0.05) is 12.8 Å². The van der Waals surface area contributed by atoms with E-state index in [0.29, 0.717) is 25.3 Å². The van der Waals surface area contributed by atoms with E-state index in [4.69, 9.17) is 0 Å². The van der Waals surface area contributed by atoms with Gasteiger partial charge in [-0.25, -0.2) is 4.98 Å². The summed E-state index contributed by atoms with van der Waals surface area (Å²) in [6.07, 6.45) is 6.32. The molecule has 3 rings (SSSR count). The van der Waals surface area contributed by atoms with Gasteiger partial charge < -0.3 is 10.0 Å². The van der Waals surface area contributed by atoms with Crippen LogP contribution in [-0.2, 0) is 0 Å². The summed E-state index contributed by atoms with van der Waals surface area (Å²) in [5, 5.41) is 21.8. The van der Waals surface area contributed by atoms with Crippen LogP contribution in [0, 0.1) is 16.0 Å². The van der Waals surface area contributed by atoms with Crippen LogP contribution in [-0.4, -0.2) is 33.7 Å². The normalized spacial score (nSPS) is 29.9. The molecule has 1 saturated heterocycles. The molecule has 1 N–H and O–H groups in total. The monoisotopic (exact) mass is 277 g/mol. The van der Waals surface area contributed by atoms with E-state index in [-0.39, 0.29) is 16.5 Å². The Bertz CT molecular complexity index is 522. The highest BCUT2D eigenvalue weighted by Gasteiger charge is 2.43. The van der Waals surface area contributed by atoms with Gasteiger partial charge in [-0.3, -0.25) is 10.1 Å². The molecule has 2 aliphatic rings. The molecule has 1 saturated carbocycles. The lowest BCUT2D eigenvalue weighted by molar-refractivity contribution is -0.384. The average Bonchev–Trinajstić information content (AvgIpc) is 2.46. The van der Waals surface area contributed by atoms with Gasteiger partial charge in [-0.2, -0.15) is 0 Å². The molecule has 2 heterocycles. The van der Waals surface area contributed by atoms with Gasteiger partial charge in [0.2, 0.25) is 5.82 Å². The Hall–Kier alpha value is -1.69. The summed E-state index contributed by atoms with van der Waals surface area (Å²) in [5.41, 5.74) is -0.521. The summed E-state index contributed by atoms with van der Waals surface area (Å²) in [4.78, 5) is 16.9. The zero-order valence-electron chi connectivity index (χ0n) is 11.4. The minimum atomic E-state index is -0.571. The van der Waals surface area contributed by atoms with E-state index in [1.54, 1.807) is 12.3 Å². The van der Waals surface area contributed by atoms with Gasteiger partial charge in [-0.15, -0.1) is 0 Å².